The van der Waals surface area contributed by atoms with Crippen molar-refractivity contribution in [1.29, 1.82) is 0 Å². The van der Waals surface area contributed by atoms with Crippen LogP contribution in [0.3, 0.4) is 0 Å². The third-order valence-corrected chi connectivity index (χ3v) is 2.65. The minimum absolute atomic E-state index is 0.137. The molecule has 0 aromatic heterocycles. The van der Waals surface area contributed by atoms with Crippen LogP contribution in [0.25, 0.3) is 0 Å². The highest BCUT2D eigenvalue weighted by atomic mass is 17.2. The SMILES string of the molecule is C=C(OOC(C)(C)C(C)C)C(=O)OC(C)(C)OC(=O)O. The van der Waals surface area contributed by atoms with Crippen LogP contribution >= 0.6 is 0 Å². The van der Waals surface area contributed by atoms with Crippen molar-refractivity contribution in [1.82, 2.24) is 0 Å². The van der Waals surface area contributed by atoms with E-state index in [1.807, 2.05) is 13.8 Å². The summed E-state index contributed by atoms with van der Waals surface area (Å²) < 4.78 is 9.17. The highest BCUT2D eigenvalue weighted by molar-refractivity contribution is 5.85. The Labute approximate surface area is 118 Å². The van der Waals surface area contributed by atoms with Gasteiger partial charge in [-0.15, -0.1) is 0 Å². The molecule has 0 saturated heterocycles. The Morgan fingerprint density at radius 2 is 1.60 bits per heavy atom. The van der Waals surface area contributed by atoms with Crippen molar-refractivity contribution in [2.75, 3.05) is 0 Å². The number of esters is 1. The molecule has 0 spiro atoms. The molecule has 116 valence electrons. The first-order chi connectivity index (χ1) is 8.87. The Morgan fingerprint density at radius 3 is 2.00 bits per heavy atom. The zero-order valence-corrected chi connectivity index (χ0v) is 12.7. The van der Waals surface area contributed by atoms with Gasteiger partial charge in [0.1, 0.15) is 5.60 Å². The normalized spacial score (nSPS) is 11.9. The van der Waals surface area contributed by atoms with E-state index in [2.05, 4.69) is 11.3 Å². The second kappa shape index (κ2) is 6.60. The first-order valence-electron chi connectivity index (χ1n) is 6.07. The lowest BCUT2D eigenvalue weighted by Gasteiger charge is -2.28. The molecule has 0 rings (SSSR count). The van der Waals surface area contributed by atoms with Crippen LogP contribution in [0.1, 0.15) is 41.5 Å². The van der Waals surface area contributed by atoms with Crippen LogP contribution in [0.15, 0.2) is 12.3 Å². The molecule has 0 radical (unpaired) electrons. The minimum atomic E-state index is -1.65. The summed E-state index contributed by atoms with van der Waals surface area (Å²) in [6.45, 7) is 13.3. The van der Waals surface area contributed by atoms with Crippen molar-refractivity contribution in [3.63, 3.8) is 0 Å². The number of hydrogen-bond donors (Lipinski definition) is 1. The van der Waals surface area contributed by atoms with Crippen molar-refractivity contribution in [2.45, 2.75) is 52.9 Å². The van der Waals surface area contributed by atoms with Gasteiger partial charge in [0.2, 0.25) is 5.76 Å². The maximum absolute atomic E-state index is 11.6. The summed E-state index contributed by atoms with van der Waals surface area (Å²) in [6, 6.07) is 0. The number of hydrogen-bond acceptors (Lipinski definition) is 6. The number of carbonyl (C=O) groups is 2. The summed E-state index contributed by atoms with van der Waals surface area (Å²) in [6.07, 6.45) is -1.56. The van der Waals surface area contributed by atoms with Crippen molar-refractivity contribution < 1.29 is 33.9 Å². The van der Waals surface area contributed by atoms with Crippen molar-refractivity contribution in [3.8, 4) is 0 Å². The molecule has 7 heteroatoms. The van der Waals surface area contributed by atoms with E-state index in [1.54, 1.807) is 13.8 Å². The van der Waals surface area contributed by atoms with Gasteiger partial charge >= 0.3 is 12.1 Å². The minimum Gasteiger partial charge on any atom is -0.450 e. The summed E-state index contributed by atoms with van der Waals surface area (Å²) >= 11 is 0. The predicted octanol–water partition coefficient (Wildman–Crippen LogP) is 2.86. The summed E-state index contributed by atoms with van der Waals surface area (Å²) in [5.41, 5.74) is -0.629. The van der Waals surface area contributed by atoms with E-state index >= 15 is 0 Å². The molecule has 0 amide bonds. The smallest absolute Gasteiger partial charge is 0.450 e. The number of carboxylic acid groups (broad SMARTS) is 1. The molecule has 1 N–H and O–H groups in total. The average molecular weight is 290 g/mol. The molecule has 0 atom stereocenters. The van der Waals surface area contributed by atoms with Gasteiger partial charge in [0, 0.05) is 13.8 Å². The van der Waals surface area contributed by atoms with Gasteiger partial charge in [0.15, 0.2) is 0 Å². The third-order valence-electron chi connectivity index (χ3n) is 2.65. The van der Waals surface area contributed by atoms with Crippen LogP contribution < -0.4 is 0 Å². The lowest BCUT2D eigenvalue weighted by Crippen LogP contribution is -2.35. The molecule has 0 fully saturated rings. The zero-order valence-electron chi connectivity index (χ0n) is 12.7. The Kier molecular flexibility index (Phi) is 6.02. The molecular weight excluding hydrogens is 268 g/mol. The maximum atomic E-state index is 11.6. The lowest BCUT2D eigenvalue weighted by molar-refractivity contribution is -0.337. The Balaban J connectivity index is 4.44. The topological polar surface area (TPSA) is 91.3 Å². The van der Waals surface area contributed by atoms with Gasteiger partial charge in [-0.3, -0.25) is 0 Å². The fourth-order valence-corrected chi connectivity index (χ4v) is 0.799. The van der Waals surface area contributed by atoms with Gasteiger partial charge in [-0.1, -0.05) is 13.8 Å². The fraction of sp³-hybridized carbons (Fsp3) is 0.692. The van der Waals surface area contributed by atoms with Gasteiger partial charge in [-0.2, -0.15) is 4.89 Å². The van der Waals surface area contributed by atoms with Crippen LogP contribution in [-0.2, 0) is 24.0 Å². The first-order valence-corrected chi connectivity index (χ1v) is 6.07. The van der Waals surface area contributed by atoms with Gasteiger partial charge in [-0.05, 0) is 26.3 Å². The molecule has 0 heterocycles. The van der Waals surface area contributed by atoms with E-state index in [4.69, 9.17) is 19.6 Å². The quantitative estimate of drug-likeness (QED) is 0.192. The molecule has 0 saturated carbocycles. The monoisotopic (exact) mass is 290 g/mol. The van der Waals surface area contributed by atoms with Gasteiger partial charge in [-0.25, -0.2) is 9.59 Å². The van der Waals surface area contributed by atoms with Crippen molar-refractivity contribution >= 4 is 12.1 Å². The lowest BCUT2D eigenvalue weighted by atomic mass is 9.95. The zero-order chi connectivity index (χ0) is 16.1. The highest BCUT2D eigenvalue weighted by Crippen LogP contribution is 2.22. The molecule has 0 aliphatic heterocycles. The maximum Gasteiger partial charge on any atom is 0.509 e. The van der Waals surface area contributed by atoms with E-state index in [-0.39, 0.29) is 5.92 Å². The van der Waals surface area contributed by atoms with Gasteiger partial charge < -0.3 is 19.5 Å². The summed E-state index contributed by atoms with van der Waals surface area (Å²) in [7, 11) is 0. The van der Waals surface area contributed by atoms with Crippen LogP contribution in [0.5, 0.6) is 0 Å². The molecule has 0 aliphatic rings. The van der Waals surface area contributed by atoms with Crippen molar-refractivity contribution in [2.24, 2.45) is 5.92 Å². The van der Waals surface area contributed by atoms with Crippen LogP contribution in [-0.4, -0.2) is 28.6 Å². The van der Waals surface area contributed by atoms with Crippen LogP contribution in [0.2, 0.25) is 0 Å². The van der Waals surface area contributed by atoms with Gasteiger partial charge in [0.05, 0.1) is 0 Å². The molecule has 0 aromatic rings. The summed E-state index contributed by atoms with van der Waals surface area (Å²) in [4.78, 5) is 32.0. The highest BCUT2D eigenvalue weighted by Gasteiger charge is 2.31. The Bertz CT molecular complexity index is 382. The molecule has 0 unspecified atom stereocenters. The number of ether oxygens (including phenoxy) is 2. The Morgan fingerprint density at radius 1 is 1.10 bits per heavy atom. The molecule has 0 bridgehead atoms. The second-order valence-corrected chi connectivity index (χ2v) is 5.51. The van der Waals surface area contributed by atoms with E-state index in [9.17, 15) is 9.59 Å². The molecule has 20 heavy (non-hydrogen) atoms. The van der Waals surface area contributed by atoms with Gasteiger partial charge in [0.25, 0.3) is 5.79 Å². The average Bonchev–Trinajstić information content (AvgIpc) is 2.22. The number of rotatable bonds is 7. The molecular formula is C13H22O7. The summed E-state index contributed by atoms with van der Waals surface area (Å²) in [5.74, 6) is -2.89. The van der Waals surface area contributed by atoms with E-state index < -0.39 is 29.3 Å². The van der Waals surface area contributed by atoms with Crippen LogP contribution in [0, 0.1) is 5.92 Å². The summed E-state index contributed by atoms with van der Waals surface area (Å²) in [5, 5.41) is 8.48. The van der Waals surface area contributed by atoms with Crippen LogP contribution in [0.4, 0.5) is 4.79 Å². The molecule has 0 aromatic carbocycles. The van der Waals surface area contributed by atoms with Crippen molar-refractivity contribution in [3.05, 3.63) is 12.3 Å². The van der Waals surface area contributed by atoms with E-state index in [0.29, 0.717) is 0 Å². The Hall–Kier alpha value is -1.76. The number of carbonyl (C=O) groups excluding carboxylic acids is 1. The second-order valence-electron chi connectivity index (χ2n) is 5.51. The fourth-order valence-electron chi connectivity index (χ4n) is 0.799. The predicted molar refractivity (Wildman–Crippen MR) is 69.5 cm³/mol. The van der Waals surface area contributed by atoms with E-state index in [1.165, 1.54) is 13.8 Å². The first kappa shape index (κ1) is 18.2. The van der Waals surface area contributed by atoms with E-state index in [0.717, 1.165) is 0 Å². The third kappa shape index (κ3) is 6.42. The standard InChI is InChI=1S/C13H22O7/c1-8(2)12(4,5)20-19-9(3)10(14)17-13(6,7)18-11(15)16/h8H,3H2,1-2,4-7H3,(H,15,16). The molecule has 7 nitrogen and oxygen atoms in total. The molecule has 0 aliphatic carbocycles. The largest absolute Gasteiger partial charge is 0.509 e.